The van der Waals surface area contributed by atoms with Crippen molar-refractivity contribution in [1.82, 2.24) is 9.59 Å². The molecule has 0 spiro atoms. The molecule has 8 heteroatoms. The zero-order valence-electron chi connectivity index (χ0n) is 11.4. The number of fused-ring (bicyclic) bond motifs is 1. The Balaban J connectivity index is 1.95. The fourth-order valence-corrected chi connectivity index (χ4v) is 4.36. The molecule has 0 unspecified atom stereocenters. The lowest BCUT2D eigenvalue weighted by Crippen LogP contribution is -2.18. The van der Waals surface area contributed by atoms with Crippen LogP contribution in [0.3, 0.4) is 0 Å². The predicted molar refractivity (Wildman–Crippen MR) is 82.1 cm³/mol. The number of amides is 2. The van der Waals surface area contributed by atoms with Gasteiger partial charge in [-0.1, -0.05) is 4.49 Å². The standard InChI is InChI=1S/C13H14N4O2S2/c1-6-10(21-17-16-6)12(19)15-13-9(11(14)18)7-4-2-3-5-8(7)20-13/h2-5H2,1H3,(H2,14,18)(H,15,19). The van der Waals surface area contributed by atoms with Crippen molar-refractivity contribution >= 4 is 39.7 Å². The van der Waals surface area contributed by atoms with Crippen molar-refractivity contribution < 1.29 is 9.59 Å². The van der Waals surface area contributed by atoms with Crippen molar-refractivity contribution in [2.24, 2.45) is 5.73 Å². The van der Waals surface area contributed by atoms with Crippen LogP contribution in [-0.4, -0.2) is 21.4 Å². The van der Waals surface area contributed by atoms with Crippen molar-refractivity contribution in [3.63, 3.8) is 0 Å². The van der Waals surface area contributed by atoms with Gasteiger partial charge in [0.2, 0.25) is 0 Å². The molecule has 3 rings (SSSR count). The molecule has 0 bridgehead atoms. The summed E-state index contributed by atoms with van der Waals surface area (Å²) >= 11 is 2.49. The fourth-order valence-electron chi connectivity index (χ4n) is 2.51. The van der Waals surface area contributed by atoms with Crippen LogP contribution < -0.4 is 11.1 Å². The number of carbonyl (C=O) groups is 2. The van der Waals surface area contributed by atoms with E-state index in [9.17, 15) is 9.59 Å². The third kappa shape index (κ3) is 2.56. The maximum Gasteiger partial charge on any atom is 0.269 e. The van der Waals surface area contributed by atoms with E-state index in [1.807, 2.05) is 0 Å². The van der Waals surface area contributed by atoms with Crippen LogP contribution in [0, 0.1) is 6.92 Å². The second kappa shape index (κ2) is 5.53. The lowest BCUT2D eigenvalue weighted by molar-refractivity contribution is 0.100. The van der Waals surface area contributed by atoms with Gasteiger partial charge in [-0.2, -0.15) is 0 Å². The highest BCUT2D eigenvalue weighted by Gasteiger charge is 2.25. The second-order valence-electron chi connectivity index (χ2n) is 4.92. The smallest absolute Gasteiger partial charge is 0.269 e. The van der Waals surface area contributed by atoms with Crippen LogP contribution in [0.5, 0.6) is 0 Å². The van der Waals surface area contributed by atoms with Crippen molar-refractivity contribution in [2.45, 2.75) is 32.6 Å². The van der Waals surface area contributed by atoms with E-state index >= 15 is 0 Å². The maximum atomic E-state index is 12.3. The maximum absolute atomic E-state index is 12.3. The number of nitrogens with zero attached hydrogens (tertiary/aromatic N) is 2. The van der Waals surface area contributed by atoms with E-state index in [-0.39, 0.29) is 5.91 Å². The van der Waals surface area contributed by atoms with Crippen LogP contribution in [0.2, 0.25) is 0 Å². The first-order valence-electron chi connectivity index (χ1n) is 6.62. The topological polar surface area (TPSA) is 98.0 Å². The molecule has 110 valence electrons. The molecular formula is C13H14N4O2S2. The van der Waals surface area contributed by atoms with Crippen LogP contribution in [-0.2, 0) is 12.8 Å². The number of hydrogen-bond donors (Lipinski definition) is 2. The van der Waals surface area contributed by atoms with E-state index in [1.165, 1.54) is 11.3 Å². The minimum Gasteiger partial charge on any atom is -0.365 e. The van der Waals surface area contributed by atoms with Crippen LogP contribution in [0.15, 0.2) is 0 Å². The van der Waals surface area contributed by atoms with Gasteiger partial charge in [0.1, 0.15) is 9.88 Å². The van der Waals surface area contributed by atoms with Gasteiger partial charge in [-0.25, -0.2) is 0 Å². The summed E-state index contributed by atoms with van der Waals surface area (Å²) in [6.07, 6.45) is 3.95. The van der Waals surface area contributed by atoms with E-state index < -0.39 is 5.91 Å². The van der Waals surface area contributed by atoms with Gasteiger partial charge in [0, 0.05) is 4.88 Å². The van der Waals surface area contributed by atoms with Gasteiger partial charge in [0.15, 0.2) is 0 Å². The normalized spacial score (nSPS) is 13.8. The van der Waals surface area contributed by atoms with Gasteiger partial charge in [-0.3, -0.25) is 9.59 Å². The highest BCUT2D eigenvalue weighted by molar-refractivity contribution is 7.17. The summed E-state index contributed by atoms with van der Waals surface area (Å²) in [4.78, 5) is 25.6. The molecule has 2 aromatic rings. The molecule has 6 nitrogen and oxygen atoms in total. The van der Waals surface area contributed by atoms with Crippen molar-refractivity contribution in [3.05, 3.63) is 26.6 Å². The van der Waals surface area contributed by atoms with Gasteiger partial charge < -0.3 is 11.1 Å². The Bertz CT molecular complexity index is 720. The third-order valence-corrected chi connectivity index (χ3v) is 5.54. The molecule has 3 N–H and O–H groups in total. The predicted octanol–water partition coefficient (Wildman–Crippen LogP) is 2.14. The van der Waals surface area contributed by atoms with E-state index in [0.29, 0.717) is 21.1 Å². The monoisotopic (exact) mass is 322 g/mol. The Kier molecular flexibility index (Phi) is 3.73. The van der Waals surface area contributed by atoms with Crippen LogP contribution in [0.4, 0.5) is 5.00 Å². The molecule has 2 aromatic heterocycles. The molecule has 21 heavy (non-hydrogen) atoms. The van der Waals surface area contributed by atoms with E-state index in [4.69, 9.17) is 5.73 Å². The molecule has 2 amide bonds. The Hall–Kier alpha value is -1.80. The Morgan fingerprint density at radius 1 is 1.29 bits per heavy atom. The SMILES string of the molecule is Cc1nnsc1C(=O)Nc1sc2c(c1C(N)=O)CCCC2. The van der Waals surface area contributed by atoms with Gasteiger partial charge >= 0.3 is 0 Å². The minimum atomic E-state index is -0.483. The van der Waals surface area contributed by atoms with Crippen molar-refractivity contribution in [2.75, 3.05) is 5.32 Å². The first-order valence-corrected chi connectivity index (χ1v) is 8.21. The number of thiophene rings is 1. The Labute approximate surface area is 129 Å². The number of nitrogens with one attached hydrogen (secondary N) is 1. The average molecular weight is 322 g/mol. The van der Waals surface area contributed by atoms with Crippen molar-refractivity contribution in [3.8, 4) is 0 Å². The van der Waals surface area contributed by atoms with Crippen LogP contribution in [0.25, 0.3) is 0 Å². The number of aromatic nitrogens is 2. The number of aryl methyl sites for hydroxylation is 2. The number of anilines is 1. The molecule has 1 aliphatic carbocycles. The van der Waals surface area contributed by atoms with E-state index in [1.54, 1.807) is 6.92 Å². The molecule has 1 aliphatic rings. The number of hydrogen-bond acceptors (Lipinski definition) is 6. The highest BCUT2D eigenvalue weighted by atomic mass is 32.1. The molecule has 0 atom stereocenters. The Morgan fingerprint density at radius 2 is 2.05 bits per heavy atom. The minimum absolute atomic E-state index is 0.288. The van der Waals surface area contributed by atoms with Gasteiger partial charge in [0.25, 0.3) is 11.8 Å². The van der Waals surface area contributed by atoms with E-state index in [2.05, 4.69) is 14.9 Å². The molecule has 2 heterocycles. The Morgan fingerprint density at radius 3 is 2.71 bits per heavy atom. The van der Waals surface area contributed by atoms with Crippen molar-refractivity contribution in [1.29, 1.82) is 0 Å². The lowest BCUT2D eigenvalue weighted by Gasteiger charge is -2.11. The third-order valence-electron chi connectivity index (χ3n) is 3.50. The van der Waals surface area contributed by atoms with E-state index in [0.717, 1.165) is 47.7 Å². The van der Waals surface area contributed by atoms with Gasteiger partial charge in [-0.15, -0.1) is 16.4 Å². The van der Waals surface area contributed by atoms with Gasteiger partial charge in [0.05, 0.1) is 11.3 Å². The summed E-state index contributed by atoms with van der Waals surface area (Å²) in [5.74, 6) is -0.771. The number of carbonyl (C=O) groups excluding carboxylic acids is 2. The zero-order chi connectivity index (χ0) is 15.0. The molecule has 0 saturated heterocycles. The molecule has 0 fully saturated rings. The number of nitrogens with two attached hydrogens (primary N) is 1. The fraction of sp³-hybridized carbons (Fsp3) is 0.385. The summed E-state index contributed by atoms with van der Waals surface area (Å²) in [7, 11) is 0. The van der Waals surface area contributed by atoms with Crippen LogP contribution >= 0.6 is 22.9 Å². The largest absolute Gasteiger partial charge is 0.365 e. The summed E-state index contributed by atoms with van der Waals surface area (Å²) in [6, 6.07) is 0. The zero-order valence-corrected chi connectivity index (χ0v) is 13.1. The molecule has 0 saturated carbocycles. The lowest BCUT2D eigenvalue weighted by atomic mass is 9.95. The quantitative estimate of drug-likeness (QED) is 0.904. The number of rotatable bonds is 3. The second-order valence-corrected chi connectivity index (χ2v) is 6.78. The molecule has 0 aliphatic heterocycles. The summed E-state index contributed by atoms with van der Waals surface area (Å²) < 4.78 is 3.75. The summed E-state index contributed by atoms with van der Waals surface area (Å²) in [6.45, 7) is 1.73. The first-order chi connectivity index (χ1) is 10.1. The van der Waals surface area contributed by atoms with Gasteiger partial charge in [-0.05, 0) is 49.7 Å². The molecule has 0 radical (unpaired) electrons. The highest BCUT2D eigenvalue weighted by Crippen LogP contribution is 2.38. The first kappa shape index (κ1) is 14.2. The van der Waals surface area contributed by atoms with Crippen LogP contribution in [0.1, 0.15) is 49.0 Å². The average Bonchev–Trinajstić information content (AvgIpc) is 3.01. The summed E-state index contributed by atoms with van der Waals surface area (Å²) in [5, 5.41) is 7.17. The summed E-state index contributed by atoms with van der Waals surface area (Å²) in [5.41, 5.74) is 7.56. The number of primary amides is 1. The molecular weight excluding hydrogens is 308 g/mol. The molecule has 0 aromatic carbocycles.